The number of hydrogen-bond donors (Lipinski definition) is 2. The van der Waals surface area contributed by atoms with Crippen LogP contribution in [0.3, 0.4) is 0 Å². The molecule has 0 radical (unpaired) electrons. The first kappa shape index (κ1) is 15.6. The standard InChI is InChI=1S/C14H17ClN4O2/c1-9(19-4-5-21-11(7-16)8-19)14(20)18-13-3-2-10(15)6-12(13)17/h2-3,6,9,11H,4-5,8,17H2,1H3,(H,18,20). The predicted octanol–water partition coefficient (Wildman–Crippen LogP) is 1.47. The molecule has 1 aliphatic heterocycles. The Hall–Kier alpha value is -1.81. The third kappa shape index (κ3) is 3.85. The van der Waals surface area contributed by atoms with Gasteiger partial charge in [0.25, 0.3) is 0 Å². The van der Waals surface area contributed by atoms with Gasteiger partial charge in [-0.25, -0.2) is 0 Å². The van der Waals surface area contributed by atoms with Crippen molar-refractivity contribution in [2.45, 2.75) is 19.1 Å². The molecule has 0 aromatic heterocycles. The lowest BCUT2D eigenvalue weighted by Gasteiger charge is -2.33. The fraction of sp³-hybridized carbons (Fsp3) is 0.429. The fourth-order valence-corrected chi connectivity index (χ4v) is 2.33. The number of anilines is 2. The van der Waals surface area contributed by atoms with E-state index < -0.39 is 6.10 Å². The van der Waals surface area contributed by atoms with Gasteiger partial charge in [-0.2, -0.15) is 5.26 Å². The first-order valence-corrected chi connectivity index (χ1v) is 7.00. The van der Waals surface area contributed by atoms with E-state index in [9.17, 15) is 4.79 Å². The summed E-state index contributed by atoms with van der Waals surface area (Å²) in [6.07, 6.45) is -0.491. The minimum absolute atomic E-state index is 0.178. The van der Waals surface area contributed by atoms with E-state index in [0.717, 1.165) is 0 Å². The van der Waals surface area contributed by atoms with E-state index in [1.54, 1.807) is 25.1 Å². The van der Waals surface area contributed by atoms with Crippen molar-refractivity contribution in [1.82, 2.24) is 4.90 Å². The van der Waals surface area contributed by atoms with E-state index in [1.807, 2.05) is 4.90 Å². The van der Waals surface area contributed by atoms with Crippen molar-refractivity contribution in [1.29, 1.82) is 5.26 Å². The van der Waals surface area contributed by atoms with Crippen molar-refractivity contribution < 1.29 is 9.53 Å². The number of carbonyl (C=O) groups excluding carboxylic acids is 1. The zero-order valence-corrected chi connectivity index (χ0v) is 12.4. The largest absolute Gasteiger partial charge is 0.397 e. The molecule has 112 valence electrons. The second kappa shape index (κ2) is 6.76. The molecule has 0 spiro atoms. The zero-order chi connectivity index (χ0) is 15.4. The van der Waals surface area contributed by atoms with Gasteiger partial charge in [0.1, 0.15) is 0 Å². The van der Waals surface area contributed by atoms with Gasteiger partial charge in [-0.3, -0.25) is 9.69 Å². The molecule has 3 N–H and O–H groups in total. The third-order valence-corrected chi connectivity index (χ3v) is 3.68. The topological polar surface area (TPSA) is 91.4 Å². The molecule has 1 aromatic carbocycles. The van der Waals surface area contributed by atoms with Crippen molar-refractivity contribution >= 4 is 28.9 Å². The average molecular weight is 309 g/mol. The minimum atomic E-state index is -0.491. The molecule has 1 fully saturated rings. The van der Waals surface area contributed by atoms with Gasteiger partial charge in [-0.05, 0) is 25.1 Å². The summed E-state index contributed by atoms with van der Waals surface area (Å²) in [7, 11) is 0. The highest BCUT2D eigenvalue weighted by Crippen LogP contribution is 2.23. The van der Waals surface area contributed by atoms with E-state index in [2.05, 4.69) is 11.4 Å². The highest BCUT2D eigenvalue weighted by molar-refractivity contribution is 6.31. The van der Waals surface area contributed by atoms with Crippen LogP contribution >= 0.6 is 11.6 Å². The molecule has 2 atom stereocenters. The Bertz CT molecular complexity index is 573. The van der Waals surface area contributed by atoms with Crippen LogP contribution in [0.4, 0.5) is 11.4 Å². The van der Waals surface area contributed by atoms with Crippen LogP contribution in [0.25, 0.3) is 0 Å². The van der Waals surface area contributed by atoms with E-state index in [0.29, 0.717) is 36.1 Å². The highest BCUT2D eigenvalue weighted by Gasteiger charge is 2.28. The van der Waals surface area contributed by atoms with Crippen molar-refractivity contribution in [3.05, 3.63) is 23.2 Å². The molecule has 21 heavy (non-hydrogen) atoms. The van der Waals surface area contributed by atoms with Crippen LogP contribution < -0.4 is 11.1 Å². The molecule has 0 bridgehead atoms. The van der Waals surface area contributed by atoms with Gasteiger partial charge in [0, 0.05) is 18.1 Å². The number of rotatable bonds is 3. The Morgan fingerprint density at radius 1 is 1.67 bits per heavy atom. The van der Waals surface area contributed by atoms with E-state index in [-0.39, 0.29) is 11.9 Å². The van der Waals surface area contributed by atoms with Gasteiger partial charge in [0.05, 0.1) is 30.1 Å². The maximum Gasteiger partial charge on any atom is 0.241 e. The normalized spacial score (nSPS) is 20.5. The molecule has 1 saturated heterocycles. The molecule has 2 unspecified atom stereocenters. The van der Waals surface area contributed by atoms with Gasteiger partial charge in [0.2, 0.25) is 5.91 Å². The monoisotopic (exact) mass is 308 g/mol. The molecule has 2 rings (SSSR count). The number of hydrogen-bond acceptors (Lipinski definition) is 5. The Morgan fingerprint density at radius 2 is 2.43 bits per heavy atom. The molecule has 0 saturated carbocycles. The van der Waals surface area contributed by atoms with Crippen LogP contribution in [-0.2, 0) is 9.53 Å². The molecule has 6 nitrogen and oxygen atoms in total. The summed E-state index contributed by atoms with van der Waals surface area (Å²) in [5.74, 6) is -0.178. The summed E-state index contributed by atoms with van der Waals surface area (Å²) in [5, 5.41) is 12.2. The van der Waals surface area contributed by atoms with Crippen LogP contribution in [0.5, 0.6) is 0 Å². The van der Waals surface area contributed by atoms with E-state index in [4.69, 9.17) is 27.3 Å². The number of nitrogens with one attached hydrogen (secondary N) is 1. The van der Waals surface area contributed by atoms with Crippen molar-refractivity contribution in [3.8, 4) is 6.07 Å². The lowest BCUT2D eigenvalue weighted by molar-refractivity contribution is -0.123. The molecule has 1 amide bonds. The van der Waals surface area contributed by atoms with Gasteiger partial charge < -0.3 is 15.8 Å². The van der Waals surface area contributed by atoms with Gasteiger partial charge in [-0.15, -0.1) is 0 Å². The maximum atomic E-state index is 12.3. The number of carbonyl (C=O) groups is 1. The Balaban J connectivity index is 2.01. The molecule has 1 heterocycles. The lowest BCUT2D eigenvalue weighted by Crippen LogP contribution is -2.50. The van der Waals surface area contributed by atoms with Gasteiger partial charge >= 0.3 is 0 Å². The molecule has 7 heteroatoms. The number of nitrogens with zero attached hydrogens (tertiary/aromatic N) is 2. The Kier molecular flexibility index (Phi) is 5.02. The zero-order valence-electron chi connectivity index (χ0n) is 11.7. The second-order valence-electron chi connectivity index (χ2n) is 4.88. The van der Waals surface area contributed by atoms with E-state index in [1.165, 1.54) is 0 Å². The summed E-state index contributed by atoms with van der Waals surface area (Å²) >= 11 is 5.82. The van der Waals surface area contributed by atoms with Crippen molar-refractivity contribution in [2.75, 3.05) is 30.7 Å². The molecule has 0 aliphatic carbocycles. The minimum Gasteiger partial charge on any atom is -0.397 e. The number of nitrogens with two attached hydrogens (primary N) is 1. The van der Waals surface area contributed by atoms with Crippen LogP contribution in [0.1, 0.15) is 6.92 Å². The van der Waals surface area contributed by atoms with Gasteiger partial charge in [-0.1, -0.05) is 11.6 Å². The van der Waals surface area contributed by atoms with Crippen molar-refractivity contribution in [3.63, 3.8) is 0 Å². The highest BCUT2D eigenvalue weighted by atomic mass is 35.5. The SMILES string of the molecule is CC(C(=O)Nc1ccc(Cl)cc1N)N1CCOC(C#N)C1. The number of nitrogen functional groups attached to an aromatic ring is 1. The second-order valence-corrected chi connectivity index (χ2v) is 5.32. The smallest absolute Gasteiger partial charge is 0.241 e. The summed E-state index contributed by atoms with van der Waals surface area (Å²) < 4.78 is 5.27. The maximum absolute atomic E-state index is 12.3. The first-order chi connectivity index (χ1) is 10.0. The quantitative estimate of drug-likeness (QED) is 0.825. The first-order valence-electron chi connectivity index (χ1n) is 6.62. The average Bonchev–Trinajstić information content (AvgIpc) is 2.49. The number of halogens is 1. The molecule has 1 aliphatic rings. The molecular formula is C14H17ClN4O2. The van der Waals surface area contributed by atoms with Crippen LogP contribution in [-0.4, -0.2) is 42.6 Å². The number of amides is 1. The van der Waals surface area contributed by atoms with Crippen LogP contribution in [0.2, 0.25) is 5.02 Å². The van der Waals surface area contributed by atoms with Gasteiger partial charge in [0.15, 0.2) is 6.10 Å². The number of ether oxygens (including phenoxy) is 1. The Labute approximate surface area is 128 Å². The number of morpholine rings is 1. The Morgan fingerprint density at radius 3 is 3.10 bits per heavy atom. The lowest BCUT2D eigenvalue weighted by atomic mass is 10.2. The summed E-state index contributed by atoms with van der Waals surface area (Å²) in [6, 6.07) is 6.60. The molecular weight excluding hydrogens is 292 g/mol. The number of nitriles is 1. The number of benzene rings is 1. The third-order valence-electron chi connectivity index (χ3n) is 3.44. The van der Waals surface area contributed by atoms with E-state index >= 15 is 0 Å². The van der Waals surface area contributed by atoms with Crippen LogP contribution in [0.15, 0.2) is 18.2 Å². The van der Waals surface area contributed by atoms with Crippen molar-refractivity contribution in [2.24, 2.45) is 0 Å². The summed E-state index contributed by atoms with van der Waals surface area (Å²) in [4.78, 5) is 14.2. The summed E-state index contributed by atoms with van der Waals surface area (Å²) in [6.45, 7) is 3.27. The van der Waals surface area contributed by atoms with Crippen LogP contribution in [0, 0.1) is 11.3 Å². The molecule has 1 aromatic rings. The fourth-order valence-electron chi connectivity index (χ4n) is 2.15. The predicted molar refractivity (Wildman–Crippen MR) is 80.9 cm³/mol. The summed E-state index contributed by atoms with van der Waals surface area (Å²) in [5.41, 5.74) is 6.76.